The molecule has 9 heteroatoms. The Morgan fingerprint density at radius 2 is 1.10 bits per heavy atom. The fraction of sp³-hybridized carbons (Fsp3) is 0.818. The van der Waals surface area contributed by atoms with Crippen LogP contribution in [0.4, 0.5) is 0 Å². The van der Waals surface area contributed by atoms with E-state index in [0.29, 0.717) is 37.2 Å². The molecule has 0 saturated carbocycles. The molecule has 0 aromatic rings. The molecule has 3 aliphatic rings. The van der Waals surface area contributed by atoms with Gasteiger partial charge in [0.15, 0.2) is 0 Å². The first-order valence-corrected chi connectivity index (χ1v) is 14.1. The van der Waals surface area contributed by atoms with Crippen LogP contribution < -0.4 is 0 Å². The average Bonchev–Trinajstić information content (AvgIpc) is 2.76. The molecule has 0 saturated heterocycles. The zero-order chi connectivity index (χ0) is 24.3. The van der Waals surface area contributed by atoms with E-state index >= 15 is 0 Å². The second-order valence-electron chi connectivity index (χ2n) is 10.7. The third-order valence-electron chi connectivity index (χ3n) is 6.81. The summed E-state index contributed by atoms with van der Waals surface area (Å²) >= 11 is 0. The summed E-state index contributed by atoms with van der Waals surface area (Å²) < 4.78 is 42.2. The van der Waals surface area contributed by atoms with Crippen LogP contribution in [0.25, 0.3) is 0 Å². The highest BCUT2D eigenvalue weighted by molar-refractivity contribution is 7.61. The van der Waals surface area contributed by atoms with E-state index in [-0.39, 0.29) is 10.8 Å². The Morgan fingerprint density at radius 3 is 1.29 bits per heavy atom. The Morgan fingerprint density at radius 1 is 0.806 bits per heavy atom. The lowest BCUT2D eigenvalue weighted by Crippen LogP contribution is -2.45. The lowest BCUT2D eigenvalue weighted by atomic mass is 9.51. The van der Waals surface area contributed by atoms with E-state index in [2.05, 4.69) is 69.2 Å². The number of hydrogen-bond acceptors (Lipinski definition) is 5. The lowest BCUT2D eigenvalue weighted by Gasteiger charge is -2.52. The second-order valence-corrected chi connectivity index (χ2v) is 13.6. The first-order valence-electron chi connectivity index (χ1n) is 11.1. The third kappa shape index (κ3) is 4.34. The standard InChI is InChI=1S/C22H40O7P2/c1-11-21(12-2)15(19(5,6)7)18-22(13-3,14-4)16(20(8,9)10)17(21)27-31(26,28-18)29-30(23,24)25/h11-14H2,1-10H3,(H2,23,24,25). The maximum absolute atomic E-state index is 13.7. The summed E-state index contributed by atoms with van der Waals surface area (Å²) in [5.74, 6) is 0.994. The number of hydrogen-bond donors (Lipinski definition) is 2. The minimum Gasteiger partial charge on any atom is -0.398 e. The molecule has 2 bridgehead atoms. The summed E-state index contributed by atoms with van der Waals surface area (Å²) in [4.78, 5) is 19.0. The normalized spacial score (nSPS) is 22.8. The molecular weight excluding hydrogens is 438 g/mol. The first kappa shape index (κ1) is 26.7. The predicted octanol–water partition coefficient (Wildman–Crippen LogP) is 7.48. The van der Waals surface area contributed by atoms with Crippen LogP contribution in [0.1, 0.15) is 94.9 Å². The molecule has 3 rings (SSSR count). The fourth-order valence-corrected chi connectivity index (χ4v) is 8.10. The number of fused-ring (bicyclic) bond motifs is 4. The van der Waals surface area contributed by atoms with Crippen LogP contribution >= 0.6 is 15.6 Å². The van der Waals surface area contributed by atoms with Crippen molar-refractivity contribution in [3.8, 4) is 0 Å². The molecule has 7 nitrogen and oxygen atoms in total. The summed E-state index contributed by atoms with van der Waals surface area (Å²) in [5.41, 5.74) is -0.0194. The molecule has 2 aliphatic heterocycles. The minimum absolute atomic E-state index is 0.369. The van der Waals surface area contributed by atoms with Crippen molar-refractivity contribution < 1.29 is 32.3 Å². The molecule has 0 aromatic carbocycles. The maximum Gasteiger partial charge on any atom is 0.596 e. The van der Waals surface area contributed by atoms with Gasteiger partial charge in [0, 0.05) is 0 Å². The average molecular weight is 479 g/mol. The quantitative estimate of drug-likeness (QED) is 0.382. The van der Waals surface area contributed by atoms with E-state index in [0.717, 1.165) is 11.1 Å². The van der Waals surface area contributed by atoms with Gasteiger partial charge in [-0.15, -0.1) is 0 Å². The zero-order valence-corrected chi connectivity index (χ0v) is 22.4. The van der Waals surface area contributed by atoms with Crippen molar-refractivity contribution in [2.45, 2.75) is 94.9 Å². The summed E-state index contributed by atoms with van der Waals surface area (Å²) in [6.45, 7) is 20.7. The van der Waals surface area contributed by atoms with Crippen molar-refractivity contribution in [3.63, 3.8) is 0 Å². The van der Waals surface area contributed by atoms with Crippen molar-refractivity contribution >= 4 is 15.6 Å². The number of phosphoric acid groups is 2. The molecule has 2 N–H and O–H groups in total. The van der Waals surface area contributed by atoms with E-state index in [9.17, 15) is 18.9 Å². The molecule has 1 aliphatic carbocycles. The van der Waals surface area contributed by atoms with Gasteiger partial charge in [0.25, 0.3) is 0 Å². The molecule has 31 heavy (non-hydrogen) atoms. The molecule has 0 spiro atoms. The molecule has 0 radical (unpaired) electrons. The molecule has 2 heterocycles. The molecule has 180 valence electrons. The van der Waals surface area contributed by atoms with Gasteiger partial charge in [0.05, 0.1) is 10.8 Å². The second kappa shape index (κ2) is 8.02. The van der Waals surface area contributed by atoms with Crippen LogP contribution in [0.2, 0.25) is 0 Å². The van der Waals surface area contributed by atoms with Gasteiger partial charge in [0.2, 0.25) is 0 Å². The van der Waals surface area contributed by atoms with Gasteiger partial charge in [-0.05, 0) is 47.7 Å². The van der Waals surface area contributed by atoms with Gasteiger partial charge in [0.1, 0.15) is 11.5 Å². The Kier molecular flexibility index (Phi) is 6.90. The predicted molar refractivity (Wildman–Crippen MR) is 122 cm³/mol. The zero-order valence-electron chi connectivity index (χ0n) is 20.7. The Balaban J connectivity index is 3.15. The van der Waals surface area contributed by atoms with Crippen molar-refractivity contribution in [2.75, 3.05) is 0 Å². The van der Waals surface area contributed by atoms with Crippen LogP contribution in [0.5, 0.6) is 0 Å². The smallest absolute Gasteiger partial charge is 0.398 e. The van der Waals surface area contributed by atoms with E-state index < -0.39 is 26.5 Å². The molecule has 0 aromatic heterocycles. The molecule has 0 unspecified atom stereocenters. The fourth-order valence-electron chi connectivity index (χ4n) is 5.78. The van der Waals surface area contributed by atoms with Gasteiger partial charge < -0.3 is 18.8 Å². The maximum atomic E-state index is 13.7. The van der Waals surface area contributed by atoms with Gasteiger partial charge in [-0.2, -0.15) is 4.31 Å². The molecule has 0 amide bonds. The lowest BCUT2D eigenvalue weighted by molar-refractivity contribution is 0.156. The van der Waals surface area contributed by atoms with Crippen LogP contribution in [-0.2, 0) is 22.5 Å². The first-order chi connectivity index (χ1) is 13.9. The third-order valence-corrected chi connectivity index (χ3v) is 9.27. The van der Waals surface area contributed by atoms with Crippen LogP contribution in [0, 0.1) is 21.7 Å². The van der Waals surface area contributed by atoms with Crippen LogP contribution in [0.15, 0.2) is 22.7 Å². The largest absolute Gasteiger partial charge is 0.596 e. The van der Waals surface area contributed by atoms with Crippen LogP contribution in [0.3, 0.4) is 0 Å². The number of phosphoric ester groups is 1. The van der Waals surface area contributed by atoms with Crippen molar-refractivity contribution in [1.82, 2.24) is 0 Å². The molecular formula is C22H40O7P2. The van der Waals surface area contributed by atoms with E-state index in [1.165, 1.54) is 0 Å². The summed E-state index contributed by atoms with van der Waals surface area (Å²) in [6, 6.07) is 0. The highest BCUT2D eigenvalue weighted by Gasteiger charge is 2.63. The monoisotopic (exact) mass is 478 g/mol. The topological polar surface area (TPSA) is 102 Å². The number of rotatable bonds is 6. The van der Waals surface area contributed by atoms with Crippen LogP contribution in [-0.4, -0.2) is 9.79 Å². The van der Waals surface area contributed by atoms with Gasteiger partial charge in [-0.1, -0.05) is 69.2 Å². The van der Waals surface area contributed by atoms with Crippen molar-refractivity contribution in [1.29, 1.82) is 0 Å². The van der Waals surface area contributed by atoms with Gasteiger partial charge >= 0.3 is 15.6 Å². The highest BCUT2D eigenvalue weighted by Crippen LogP contribution is 2.76. The Bertz CT molecular complexity index is 815. The highest BCUT2D eigenvalue weighted by atomic mass is 31.3. The van der Waals surface area contributed by atoms with Crippen molar-refractivity contribution in [3.05, 3.63) is 22.7 Å². The number of allylic oxidation sites excluding steroid dienone is 2. The van der Waals surface area contributed by atoms with Crippen molar-refractivity contribution in [2.24, 2.45) is 21.7 Å². The summed E-state index contributed by atoms with van der Waals surface area (Å²) in [5, 5.41) is 0. The van der Waals surface area contributed by atoms with Gasteiger partial charge in [-0.3, -0.25) is 0 Å². The SMILES string of the molecule is CCC1(CC)C2=C(C(C)(C)C)C(CC)(CC)C(=C1C(C)(C)C)OP(=O)(OP(=O)(O)O)O2. The minimum atomic E-state index is -5.14. The summed E-state index contributed by atoms with van der Waals surface area (Å²) in [6.07, 6.45) is 2.66. The molecule has 0 fully saturated rings. The van der Waals surface area contributed by atoms with E-state index in [1.807, 2.05) is 0 Å². The molecule has 0 atom stereocenters. The Hall–Kier alpha value is -0.580. The van der Waals surface area contributed by atoms with Gasteiger partial charge in [-0.25, -0.2) is 9.13 Å². The summed E-state index contributed by atoms with van der Waals surface area (Å²) in [7, 11) is -9.77. The van der Waals surface area contributed by atoms with E-state index in [4.69, 9.17) is 13.4 Å². The van der Waals surface area contributed by atoms with E-state index in [1.54, 1.807) is 0 Å². The Labute approximate surface area is 187 Å².